The lowest BCUT2D eigenvalue weighted by molar-refractivity contribution is 0.158. The van der Waals surface area contributed by atoms with E-state index < -0.39 is 6.09 Å². The van der Waals surface area contributed by atoms with Gasteiger partial charge >= 0.3 is 6.09 Å². The van der Waals surface area contributed by atoms with Crippen molar-refractivity contribution in [2.24, 2.45) is 0 Å². The topological polar surface area (TPSA) is 79.0 Å². The molecule has 0 aromatic carbocycles. The van der Waals surface area contributed by atoms with Gasteiger partial charge in [0.25, 0.3) is 0 Å². The van der Waals surface area contributed by atoms with E-state index in [1.165, 1.54) is 12.2 Å². The van der Waals surface area contributed by atoms with Crippen LogP contribution in [0.1, 0.15) is 18.9 Å². The summed E-state index contributed by atoms with van der Waals surface area (Å²) in [6.45, 7) is 1.96. The molecule has 0 radical (unpaired) electrons. The molecular formula is C15H17FN4O2S. The normalized spacial score (nSPS) is 13.7. The van der Waals surface area contributed by atoms with E-state index in [-0.39, 0.29) is 17.5 Å². The first kappa shape index (κ1) is 16.9. The summed E-state index contributed by atoms with van der Waals surface area (Å²) in [5, 5.41) is 12.1. The minimum Gasteiger partial charge on any atom is -0.450 e. The lowest BCUT2D eigenvalue weighted by Crippen LogP contribution is -2.34. The SMILES string of the molecule is CCOC(=O)NC(=S)Nc1[nH]ncc1CC1=CCC=C(F)C=C1. The number of anilines is 1. The first-order chi connectivity index (χ1) is 11.1. The molecule has 1 aliphatic rings. The number of nitrogens with one attached hydrogen (secondary N) is 3. The standard InChI is InChI=1S/C15H17FN4O2S/c1-2-22-15(21)19-14(23)18-13-11(9-17-20-13)8-10-4-3-5-12(16)7-6-10/h4-7,9H,2-3,8H2,1H3,(H3,17,18,19,20,21,23). The Morgan fingerprint density at radius 1 is 1.48 bits per heavy atom. The second-order valence-corrected chi connectivity index (χ2v) is 5.09. The number of hydrogen-bond acceptors (Lipinski definition) is 4. The highest BCUT2D eigenvalue weighted by atomic mass is 32.1. The van der Waals surface area contributed by atoms with Crippen molar-refractivity contribution < 1.29 is 13.9 Å². The first-order valence-electron chi connectivity index (χ1n) is 7.08. The highest BCUT2D eigenvalue weighted by molar-refractivity contribution is 7.80. The summed E-state index contributed by atoms with van der Waals surface area (Å²) in [7, 11) is 0. The van der Waals surface area contributed by atoms with Gasteiger partial charge in [0, 0.05) is 12.0 Å². The summed E-state index contributed by atoms with van der Waals surface area (Å²) in [5.74, 6) is 0.320. The summed E-state index contributed by atoms with van der Waals surface area (Å²) in [4.78, 5) is 11.3. The van der Waals surface area contributed by atoms with E-state index in [4.69, 9.17) is 17.0 Å². The maximum Gasteiger partial charge on any atom is 0.413 e. The molecule has 1 aliphatic carbocycles. The third-order valence-corrected chi connectivity index (χ3v) is 3.20. The fraction of sp³-hybridized carbons (Fsp3) is 0.267. The molecule has 0 aliphatic heterocycles. The minimum absolute atomic E-state index is 0.104. The van der Waals surface area contributed by atoms with Crippen LogP contribution in [-0.4, -0.2) is 28.0 Å². The first-order valence-corrected chi connectivity index (χ1v) is 7.49. The van der Waals surface area contributed by atoms with Crippen LogP contribution in [0, 0.1) is 0 Å². The van der Waals surface area contributed by atoms with Crippen molar-refractivity contribution in [3.8, 4) is 0 Å². The molecule has 8 heteroatoms. The van der Waals surface area contributed by atoms with Crippen LogP contribution < -0.4 is 10.6 Å². The average Bonchev–Trinajstić information content (AvgIpc) is 2.80. The number of hydrogen-bond donors (Lipinski definition) is 3. The molecule has 0 bridgehead atoms. The molecule has 0 spiro atoms. The van der Waals surface area contributed by atoms with Crippen molar-refractivity contribution in [3.05, 3.63) is 47.5 Å². The number of H-pyrrole nitrogens is 1. The summed E-state index contributed by atoms with van der Waals surface area (Å²) in [6.07, 6.45) is 8.73. The molecule has 2 rings (SSSR count). The lowest BCUT2D eigenvalue weighted by atomic mass is 10.1. The van der Waals surface area contributed by atoms with E-state index >= 15 is 0 Å². The van der Waals surface area contributed by atoms with Crippen LogP contribution in [0.4, 0.5) is 15.0 Å². The number of allylic oxidation sites excluding steroid dienone is 6. The van der Waals surface area contributed by atoms with Crippen LogP contribution in [0.5, 0.6) is 0 Å². The number of ether oxygens (including phenoxy) is 1. The highest BCUT2D eigenvalue weighted by Crippen LogP contribution is 2.19. The van der Waals surface area contributed by atoms with E-state index in [0.717, 1.165) is 11.1 Å². The molecule has 0 saturated heterocycles. The molecular weight excluding hydrogens is 319 g/mol. The fourth-order valence-corrected chi connectivity index (χ4v) is 2.14. The Balaban J connectivity index is 1.97. The monoisotopic (exact) mass is 336 g/mol. The van der Waals surface area contributed by atoms with Crippen molar-refractivity contribution >= 4 is 29.2 Å². The van der Waals surface area contributed by atoms with Crippen LogP contribution >= 0.6 is 12.2 Å². The fourth-order valence-electron chi connectivity index (χ4n) is 1.95. The quantitative estimate of drug-likeness (QED) is 0.736. The highest BCUT2D eigenvalue weighted by Gasteiger charge is 2.11. The lowest BCUT2D eigenvalue weighted by Gasteiger charge is -2.09. The maximum absolute atomic E-state index is 13.2. The molecule has 0 atom stereocenters. The van der Waals surface area contributed by atoms with Gasteiger partial charge in [-0.15, -0.1) is 0 Å². The van der Waals surface area contributed by atoms with Gasteiger partial charge in [-0.25, -0.2) is 9.18 Å². The Hall–Kier alpha value is -2.48. The van der Waals surface area contributed by atoms with Crippen molar-refractivity contribution in [1.29, 1.82) is 0 Å². The molecule has 23 heavy (non-hydrogen) atoms. The second kappa shape index (κ2) is 8.23. The van der Waals surface area contributed by atoms with Crippen molar-refractivity contribution in [2.75, 3.05) is 11.9 Å². The average molecular weight is 336 g/mol. The maximum atomic E-state index is 13.2. The van der Waals surface area contributed by atoms with Crippen molar-refractivity contribution in [2.45, 2.75) is 19.8 Å². The molecule has 1 heterocycles. The van der Waals surface area contributed by atoms with Crippen LogP contribution in [0.3, 0.4) is 0 Å². The minimum atomic E-state index is -0.623. The van der Waals surface area contributed by atoms with E-state index in [1.54, 1.807) is 19.2 Å². The number of halogens is 1. The van der Waals surface area contributed by atoms with E-state index in [9.17, 15) is 9.18 Å². The van der Waals surface area contributed by atoms with Crippen molar-refractivity contribution in [1.82, 2.24) is 15.5 Å². The Morgan fingerprint density at radius 3 is 3.09 bits per heavy atom. The Bertz CT molecular complexity index is 679. The van der Waals surface area contributed by atoms with Crippen molar-refractivity contribution in [3.63, 3.8) is 0 Å². The third-order valence-electron chi connectivity index (χ3n) is 2.99. The zero-order valence-corrected chi connectivity index (χ0v) is 13.4. The number of rotatable bonds is 4. The molecule has 122 valence electrons. The molecule has 0 saturated carbocycles. The Labute approximate surface area is 138 Å². The number of amides is 1. The van der Waals surface area contributed by atoms with Gasteiger partial charge in [0.15, 0.2) is 5.11 Å². The van der Waals surface area contributed by atoms with Gasteiger partial charge < -0.3 is 10.1 Å². The molecule has 1 aromatic rings. The molecule has 0 unspecified atom stereocenters. The van der Waals surface area contributed by atoms with Gasteiger partial charge in [0.1, 0.15) is 11.6 Å². The van der Waals surface area contributed by atoms with E-state index in [0.29, 0.717) is 18.7 Å². The summed E-state index contributed by atoms with van der Waals surface area (Å²) < 4.78 is 17.9. The summed E-state index contributed by atoms with van der Waals surface area (Å²) in [5.41, 5.74) is 1.80. The largest absolute Gasteiger partial charge is 0.450 e. The van der Waals surface area contributed by atoms with Gasteiger partial charge in [-0.1, -0.05) is 12.2 Å². The number of aromatic amines is 1. The Morgan fingerprint density at radius 2 is 2.30 bits per heavy atom. The zero-order valence-electron chi connectivity index (χ0n) is 12.6. The van der Waals surface area contributed by atoms with Gasteiger partial charge in [0.2, 0.25) is 0 Å². The van der Waals surface area contributed by atoms with Crippen LogP contribution in [-0.2, 0) is 11.2 Å². The number of alkyl carbamates (subject to hydrolysis) is 1. The summed E-state index contributed by atoms with van der Waals surface area (Å²) >= 11 is 5.04. The molecule has 6 nitrogen and oxygen atoms in total. The smallest absolute Gasteiger partial charge is 0.413 e. The second-order valence-electron chi connectivity index (χ2n) is 4.68. The van der Waals surface area contributed by atoms with Gasteiger partial charge in [0.05, 0.1) is 12.8 Å². The van der Waals surface area contributed by atoms with Gasteiger partial charge in [-0.2, -0.15) is 5.10 Å². The van der Waals surface area contributed by atoms with Gasteiger partial charge in [-0.05, 0) is 43.3 Å². The van der Waals surface area contributed by atoms with Crippen LogP contribution in [0.15, 0.2) is 41.9 Å². The molecule has 0 fully saturated rings. The van der Waals surface area contributed by atoms with Crippen LogP contribution in [0.25, 0.3) is 0 Å². The van der Waals surface area contributed by atoms with Crippen LogP contribution in [0.2, 0.25) is 0 Å². The molecule has 1 amide bonds. The number of nitrogens with zero attached hydrogens (tertiary/aromatic N) is 1. The summed E-state index contributed by atoms with van der Waals surface area (Å²) in [6, 6.07) is 0. The Kier molecular flexibility index (Phi) is 6.04. The molecule has 3 N–H and O–H groups in total. The molecule has 1 aromatic heterocycles. The third kappa shape index (κ3) is 5.33. The number of thiocarbonyl (C=S) groups is 1. The van der Waals surface area contributed by atoms with E-state index in [2.05, 4.69) is 20.8 Å². The predicted octanol–water partition coefficient (Wildman–Crippen LogP) is 3.13. The number of aromatic nitrogens is 2. The zero-order chi connectivity index (χ0) is 16.7. The van der Waals surface area contributed by atoms with E-state index in [1.807, 2.05) is 6.08 Å². The number of carbonyl (C=O) groups excluding carboxylic acids is 1. The number of carbonyl (C=O) groups is 1. The van der Waals surface area contributed by atoms with Gasteiger partial charge in [-0.3, -0.25) is 10.4 Å². The predicted molar refractivity (Wildman–Crippen MR) is 89.7 cm³/mol.